The van der Waals surface area contributed by atoms with Crippen LogP contribution in [-0.4, -0.2) is 104 Å². The van der Waals surface area contributed by atoms with E-state index < -0.39 is 126 Å². The lowest BCUT2D eigenvalue weighted by Gasteiger charge is -2.22. The fourth-order valence-electron chi connectivity index (χ4n) is 6.15. The molecule has 0 atom stereocenters. The van der Waals surface area contributed by atoms with Gasteiger partial charge in [0.05, 0.1) is 12.3 Å². The first-order valence-electron chi connectivity index (χ1n) is 17.2. The molecule has 0 saturated carbocycles. The molecule has 7 N–H and O–H groups in total. The van der Waals surface area contributed by atoms with E-state index in [-0.39, 0.29) is 24.9 Å². The number of benzene rings is 5. The molecule has 0 amide bonds. The van der Waals surface area contributed by atoms with E-state index in [4.69, 9.17) is 16.2 Å². The molecule has 0 saturated heterocycles. The molecular formula is C33H28ClN7O17S6. The normalized spacial score (nSPS) is 12.9. The van der Waals surface area contributed by atoms with Crippen LogP contribution in [0.25, 0.3) is 21.5 Å². The van der Waals surface area contributed by atoms with Crippen molar-refractivity contribution in [3.05, 3.63) is 78.1 Å². The van der Waals surface area contributed by atoms with Gasteiger partial charge in [0, 0.05) is 44.4 Å². The van der Waals surface area contributed by atoms with Crippen LogP contribution in [0, 0.1) is 0 Å². The van der Waals surface area contributed by atoms with Crippen LogP contribution < -0.4 is 10.2 Å². The third-order valence-electron chi connectivity index (χ3n) is 8.58. The Balaban J connectivity index is 1.44. The van der Waals surface area contributed by atoms with E-state index in [1.165, 1.54) is 11.8 Å². The predicted molar refractivity (Wildman–Crippen MR) is 228 cm³/mol. The first kappa shape index (κ1) is 48.2. The van der Waals surface area contributed by atoms with Gasteiger partial charge in [-0.05, 0) is 67.1 Å². The van der Waals surface area contributed by atoms with Crippen LogP contribution in [-0.2, 0) is 55.1 Å². The van der Waals surface area contributed by atoms with E-state index in [0.717, 1.165) is 42.5 Å². The smallest absolute Gasteiger partial charge is 0.397 e. The highest BCUT2D eigenvalue weighted by Crippen LogP contribution is 2.46. The summed E-state index contributed by atoms with van der Waals surface area (Å²) < 4.78 is 176. The van der Waals surface area contributed by atoms with Gasteiger partial charge in [0.1, 0.15) is 31.0 Å². The molecule has 0 bridgehead atoms. The van der Waals surface area contributed by atoms with Crippen LogP contribution in [0.4, 0.5) is 34.6 Å². The molecule has 64 heavy (non-hydrogen) atoms. The van der Waals surface area contributed by atoms with Crippen LogP contribution >= 0.6 is 23.4 Å². The van der Waals surface area contributed by atoms with Gasteiger partial charge in [0.2, 0.25) is 17.2 Å². The van der Waals surface area contributed by atoms with E-state index in [1.54, 1.807) is 36.1 Å². The summed E-state index contributed by atoms with van der Waals surface area (Å²) in [6.07, 6.45) is 0. The molecular weight excluding hydrogens is 994 g/mol. The van der Waals surface area contributed by atoms with Crippen molar-refractivity contribution < 1.29 is 74.1 Å². The quantitative estimate of drug-likeness (QED) is 0.0262. The number of aromatic nitrogens is 3. The van der Waals surface area contributed by atoms with Gasteiger partial charge in [0.25, 0.3) is 40.5 Å². The zero-order chi connectivity index (χ0) is 47.2. The van der Waals surface area contributed by atoms with Crippen LogP contribution in [0.2, 0.25) is 5.28 Å². The van der Waals surface area contributed by atoms with Gasteiger partial charge >= 0.3 is 10.4 Å². The maximum atomic E-state index is 13.0. The van der Waals surface area contributed by atoms with E-state index in [9.17, 15) is 65.4 Å². The van der Waals surface area contributed by atoms with E-state index in [0.29, 0.717) is 16.6 Å². The lowest BCUT2D eigenvalue weighted by atomic mass is 10.1. The van der Waals surface area contributed by atoms with Crippen molar-refractivity contribution in [2.24, 2.45) is 10.2 Å². The maximum absolute atomic E-state index is 13.0. The number of nitrogens with zero attached hydrogens (tertiary/aromatic N) is 6. The fourth-order valence-corrected chi connectivity index (χ4v) is 10.5. The van der Waals surface area contributed by atoms with Crippen molar-refractivity contribution in [3.8, 4) is 5.75 Å². The Labute approximate surface area is 372 Å². The number of hydrogen-bond donors (Lipinski definition) is 7. The second kappa shape index (κ2) is 18.0. The zero-order valence-electron chi connectivity index (χ0n) is 31.7. The molecule has 0 spiro atoms. The Morgan fingerprint density at radius 1 is 0.703 bits per heavy atom. The molecule has 6 rings (SSSR count). The van der Waals surface area contributed by atoms with E-state index in [2.05, 4.69) is 34.7 Å². The molecule has 0 aliphatic rings. The van der Waals surface area contributed by atoms with Crippen LogP contribution in [0.3, 0.4) is 0 Å². The average molecular weight is 1020 g/mol. The first-order chi connectivity index (χ1) is 29.7. The Morgan fingerprint density at radius 2 is 1.36 bits per heavy atom. The van der Waals surface area contributed by atoms with Gasteiger partial charge in [-0.15, -0.1) is 22.0 Å². The Kier molecular flexibility index (Phi) is 13.6. The Bertz CT molecular complexity index is 3490. The Morgan fingerprint density at radius 3 is 1.98 bits per heavy atom. The molecule has 340 valence electrons. The number of fused-ring (bicyclic) bond motifs is 2. The van der Waals surface area contributed by atoms with E-state index in [1.807, 2.05) is 0 Å². The number of nitrogens with one attached hydrogen (secondary N) is 1. The maximum Gasteiger partial charge on any atom is 0.397 e. The lowest BCUT2D eigenvalue weighted by molar-refractivity contribution is 0.285. The topological polar surface area (TPSA) is 380 Å². The van der Waals surface area contributed by atoms with Crippen molar-refractivity contribution in [1.82, 2.24) is 15.0 Å². The highest BCUT2D eigenvalue weighted by atomic mass is 35.5. The predicted octanol–water partition coefficient (Wildman–Crippen LogP) is 5.75. The number of aromatic hydroxyl groups is 1. The monoisotopic (exact) mass is 1020 g/mol. The van der Waals surface area contributed by atoms with Crippen LogP contribution in [0.1, 0.15) is 6.92 Å². The van der Waals surface area contributed by atoms with Crippen LogP contribution in [0.5, 0.6) is 5.75 Å². The second-order valence-corrected chi connectivity index (χ2v) is 20.8. The minimum Gasteiger partial charge on any atom is -0.505 e. The minimum absolute atomic E-state index is 0.0974. The summed E-state index contributed by atoms with van der Waals surface area (Å²) in [7, 11) is -25.8. The highest BCUT2D eigenvalue weighted by Gasteiger charge is 2.29. The zero-order valence-corrected chi connectivity index (χ0v) is 37.4. The molecule has 0 aliphatic heterocycles. The van der Waals surface area contributed by atoms with Gasteiger partial charge in [0.15, 0.2) is 5.75 Å². The van der Waals surface area contributed by atoms with Gasteiger partial charge < -0.3 is 15.3 Å². The first-order valence-corrected chi connectivity index (χ1v) is 25.7. The SMILES string of the molecule is CCN(c1cccc(SCCOS(=O)(=O)O)c1)c1nc(Cl)nc(Nc2ccc3c(O)c(N=Nc4ccc5c(S(=O)(=O)O)cccc5c4S(=O)(=O)O)c(S(=O)(=O)O)cc3c2S(=O)(=O)O)n1. The third kappa shape index (κ3) is 10.8. The molecule has 5 aromatic carbocycles. The molecule has 0 radical (unpaired) electrons. The Hall–Kier alpha value is -5.22. The van der Waals surface area contributed by atoms with Gasteiger partial charge in [-0.3, -0.25) is 22.8 Å². The number of thioether (sulfide) groups is 1. The summed E-state index contributed by atoms with van der Waals surface area (Å²) in [5.41, 5.74) is -1.92. The van der Waals surface area contributed by atoms with Crippen LogP contribution in [0.15, 0.2) is 108 Å². The number of azo groups is 1. The summed E-state index contributed by atoms with van der Waals surface area (Å²) in [6, 6.07) is 14.0. The van der Waals surface area contributed by atoms with E-state index >= 15 is 0 Å². The number of anilines is 4. The van der Waals surface area contributed by atoms with Gasteiger partial charge in [-0.1, -0.05) is 24.3 Å². The highest BCUT2D eigenvalue weighted by molar-refractivity contribution is 7.99. The van der Waals surface area contributed by atoms with Crippen molar-refractivity contribution in [2.75, 3.05) is 29.1 Å². The average Bonchev–Trinajstić information content (AvgIpc) is 3.16. The molecule has 0 unspecified atom stereocenters. The molecule has 6 aromatic rings. The molecule has 31 heteroatoms. The summed E-state index contributed by atoms with van der Waals surface area (Å²) in [6.45, 7) is 1.59. The molecule has 1 aromatic heterocycles. The fraction of sp³-hybridized carbons (Fsp3) is 0.121. The second-order valence-electron chi connectivity index (χ2n) is 12.7. The molecule has 24 nitrogen and oxygen atoms in total. The number of phenolic OH excluding ortho intramolecular Hbond substituents is 1. The number of phenols is 1. The lowest BCUT2D eigenvalue weighted by Crippen LogP contribution is -2.20. The number of halogens is 1. The van der Waals surface area contributed by atoms with Crippen molar-refractivity contribution >= 4 is 130 Å². The third-order valence-corrected chi connectivity index (χ3v) is 13.9. The molecule has 0 fully saturated rings. The van der Waals surface area contributed by atoms with Crippen molar-refractivity contribution in [2.45, 2.75) is 31.4 Å². The van der Waals surface area contributed by atoms with Crippen molar-refractivity contribution in [1.29, 1.82) is 0 Å². The summed E-state index contributed by atoms with van der Waals surface area (Å²) in [5.74, 6) is -1.58. The van der Waals surface area contributed by atoms with Crippen molar-refractivity contribution in [3.63, 3.8) is 0 Å². The summed E-state index contributed by atoms with van der Waals surface area (Å²) >= 11 is 7.42. The minimum atomic E-state index is -5.52. The number of hydrogen-bond acceptors (Lipinski definition) is 20. The summed E-state index contributed by atoms with van der Waals surface area (Å²) in [4.78, 5) is 10.3. The van der Waals surface area contributed by atoms with Gasteiger partial charge in [-0.25, -0.2) is 4.18 Å². The largest absolute Gasteiger partial charge is 0.505 e. The molecule has 0 aliphatic carbocycles. The summed E-state index contributed by atoms with van der Waals surface area (Å²) in [5, 5.41) is 18.6. The van der Waals surface area contributed by atoms with Gasteiger partial charge in [-0.2, -0.15) is 57.0 Å². The number of rotatable bonds is 16. The standard InChI is InChI=1S/C33H28ClN7O17S6/c1-2-41(17-5-3-6-18(15-17)59-14-13-58-64(55,56)57)33-37-31(34)36-32(38-33)35-23-11-10-20-22(30(23)63(52,53)54)16-26(61(46,47)48)27(28(20)42)40-39-24-12-9-19-21(29(24)62(49,50)51)7-4-8-25(19)60(43,44)45/h3-12,15-16,42H,2,13-14H2,1H3,(H,43,44,45)(H,46,47,48)(H,49,50,51)(H,52,53,54)(H,55,56,57)(H,35,36,37,38). The molecule has 1 heterocycles.